The van der Waals surface area contributed by atoms with Crippen LogP contribution in [0.15, 0.2) is 53.4 Å². The fourth-order valence-corrected chi connectivity index (χ4v) is 2.32. The molecule has 6 heteroatoms. The SMILES string of the molecule is OB(O)c1ccc(OCCSc2ccc(F)cc2)cc1. The predicted molar refractivity (Wildman–Crippen MR) is 78.9 cm³/mol. The molecule has 0 aromatic heterocycles. The van der Waals surface area contributed by atoms with Gasteiger partial charge in [-0.3, -0.25) is 0 Å². The van der Waals surface area contributed by atoms with Gasteiger partial charge in [0.1, 0.15) is 11.6 Å². The number of thioether (sulfide) groups is 1. The molecule has 0 amide bonds. The molecule has 0 fully saturated rings. The molecule has 0 aliphatic rings. The Labute approximate surface area is 121 Å². The molecule has 2 rings (SSSR count). The Bertz CT molecular complexity index is 531. The zero-order valence-corrected chi connectivity index (χ0v) is 11.5. The molecule has 0 aliphatic carbocycles. The van der Waals surface area contributed by atoms with Gasteiger partial charge in [-0.1, -0.05) is 12.1 Å². The van der Waals surface area contributed by atoms with Gasteiger partial charge in [0.05, 0.1) is 6.61 Å². The minimum atomic E-state index is -1.46. The third-order valence-corrected chi connectivity index (χ3v) is 3.59. The van der Waals surface area contributed by atoms with Crippen molar-refractivity contribution < 1.29 is 19.2 Å². The summed E-state index contributed by atoms with van der Waals surface area (Å²) in [6.45, 7) is 0.517. The highest BCUT2D eigenvalue weighted by Crippen LogP contribution is 2.18. The summed E-state index contributed by atoms with van der Waals surface area (Å²) < 4.78 is 18.2. The maximum absolute atomic E-state index is 12.7. The Morgan fingerprint density at radius 3 is 2.25 bits per heavy atom. The van der Waals surface area contributed by atoms with Gasteiger partial charge in [0.2, 0.25) is 0 Å². The van der Waals surface area contributed by atoms with Crippen molar-refractivity contribution in [3.63, 3.8) is 0 Å². The Kier molecular flexibility index (Phi) is 5.46. The van der Waals surface area contributed by atoms with Crippen LogP contribution >= 0.6 is 11.8 Å². The summed E-state index contributed by atoms with van der Waals surface area (Å²) in [5, 5.41) is 17.9. The molecule has 0 saturated heterocycles. The molecule has 2 aromatic rings. The molecule has 0 bridgehead atoms. The highest BCUT2D eigenvalue weighted by atomic mass is 32.2. The fraction of sp³-hybridized carbons (Fsp3) is 0.143. The summed E-state index contributed by atoms with van der Waals surface area (Å²) in [7, 11) is -1.46. The molecule has 0 saturated carbocycles. The van der Waals surface area contributed by atoms with E-state index >= 15 is 0 Å². The summed E-state index contributed by atoms with van der Waals surface area (Å²) in [5.41, 5.74) is 0.429. The summed E-state index contributed by atoms with van der Waals surface area (Å²) in [5.74, 6) is 1.18. The molecule has 2 aromatic carbocycles. The number of hydrogen-bond donors (Lipinski definition) is 2. The van der Waals surface area contributed by atoms with Crippen molar-refractivity contribution in [2.24, 2.45) is 0 Å². The number of halogens is 1. The molecule has 0 radical (unpaired) electrons. The van der Waals surface area contributed by atoms with Gasteiger partial charge in [-0.2, -0.15) is 0 Å². The van der Waals surface area contributed by atoms with E-state index in [2.05, 4.69) is 0 Å². The van der Waals surface area contributed by atoms with E-state index < -0.39 is 7.12 Å². The molecule has 2 N–H and O–H groups in total. The predicted octanol–water partition coefficient (Wildman–Crippen LogP) is 1.68. The van der Waals surface area contributed by atoms with Crippen molar-refractivity contribution in [2.75, 3.05) is 12.4 Å². The van der Waals surface area contributed by atoms with E-state index in [4.69, 9.17) is 14.8 Å². The first kappa shape index (κ1) is 14.9. The van der Waals surface area contributed by atoms with Gasteiger partial charge >= 0.3 is 7.12 Å². The van der Waals surface area contributed by atoms with Gasteiger partial charge in [0.25, 0.3) is 0 Å². The van der Waals surface area contributed by atoms with Crippen LogP contribution in [0.4, 0.5) is 4.39 Å². The van der Waals surface area contributed by atoms with Crippen LogP contribution in [0.25, 0.3) is 0 Å². The lowest BCUT2D eigenvalue weighted by molar-refractivity contribution is 0.344. The maximum atomic E-state index is 12.7. The minimum Gasteiger partial charge on any atom is -0.493 e. The van der Waals surface area contributed by atoms with E-state index in [9.17, 15) is 4.39 Å². The van der Waals surface area contributed by atoms with Gasteiger partial charge in [-0.15, -0.1) is 11.8 Å². The minimum absolute atomic E-state index is 0.239. The van der Waals surface area contributed by atoms with Crippen LogP contribution in [-0.4, -0.2) is 29.5 Å². The van der Waals surface area contributed by atoms with Crippen molar-refractivity contribution in [3.05, 3.63) is 54.3 Å². The van der Waals surface area contributed by atoms with Crippen molar-refractivity contribution in [3.8, 4) is 5.75 Å². The Balaban J connectivity index is 1.74. The van der Waals surface area contributed by atoms with Crippen LogP contribution in [0.5, 0.6) is 5.75 Å². The third-order valence-electron chi connectivity index (χ3n) is 2.61. The molecule has 0 unspecified atom stereocenters. The summed E-state index contributed by atoms with van der Waals surface area (Å²) in [4.78, 5) is 0.994. The zero-order chi connectivity index (χ0) is 14.4. The Morgan fingerprint density at radius 1 is 1.00 bits per heavy atom. The normalized spacial score (nSPS) is 10.3. The standard InChI is InChI=1S/C14H14BFO3S/c16-12-3-7-14(8-4-12)20-10-9-19-13-5-1-11(2-6-13)15(17)18/h1-8,17-18H,9-10H2. The monoisotopic (exact) mass is 292 g/mol. The van der Waals surface area contributed by atoms with Crippen LogP contribution in [0.1, 0.15) is 0 Å². The van der Waals surface area contributed by atoms with E-state index in [-0.39, 0.29) is 5.82 Å². The first-order valence-corrected chi connectivity index (χ1v) is 7.11. The maximum Gasteiger partial charge on any atom is 0.488 e. The second-order valence-corrected chi connectivity index (χ2v) is 5.26. The zero-order valence-electron chi connectivity index (χ0n) is 10.7. The average molecular weight is 292 g/mol. The van der Waals surface area contributed by atoms with E-state index in [0.29, 0.717) is 17.8 Å². The lowest BCUT2D eigenvalue weighted by Crippen LogP contribution is -2.29. The van der Waals surface area contributed by atoms with Crippen LogP contribution in [0.3, 0.4) is 0 Å². The fourth-order valence-electron chi connectivity index (χ4n) is 1.59. The van der Waals surface area contributed by atoms with E-state index in [1.165, 1.54) is 12.1 Å². The molecule has 0 atom stereocenters. The summed E-state index contributed by atoms with van der Waals surface area (Å²) in [6.07, 6.45) is 0. The molecule has 20 heavy (non-hydrogen) atoms. The van der Waals surface area contributed by atoms with Gasteiger partial charge in [-0.25, -0.2) is 4.39 Å². The lowest BCUT2D eigenvalue weighted by atomic mass is 9.80. The third kappa shape index (κ3) is 4.56. The topological polar surface area (TPSA) is 49.7 Å². The first-order chi connectivity index (χ1) is 9.65. The number of benzene rings is 2. The van der Waals surface area contributed by atoms with Crippen molar-refractivity contribution in [2.45, 2.75) is 4.90 Å². The average Bonchev–Trinajstić information content (AvgIpc) is 2.46. The van der Waals surface area contributed by atoms with Gasteiger partial charge in [0.15, 0.2) is 0 Å². The molecular formula is C14H14BFO3S. The van der Waals surface area contributed by atoms with Crippen molar-refractivity contribution in [1.82, 2.24) is 0 Å². The van der Waals surface area contributed by atoms with Crippen molar-refractivity contribution >= 4 is 24.3 Å². The van der Waals surface area contributed by atoms with Crippen LogP contribution in [0, 0.1) is 5.82 Å². The van der Waals surface area contributed by atoms with E-state index in [0.717, 1.165) is 10.6 Å². The Hall–Kier alpha value is -1.50. The second-order valence-electron chi connectivity index (χ2n) is 4.09. The quantitative estimate of drug-likeness (QED) is 0.483. The second kappa shape index (κ2) is 7.33. The molecule has 3 nitrogen and oxygen atoms in total. The highest BCUT2D eigenvalue weighted by molar-refractivity contribution is 7.99. The number of hydrogen-bond acceptors (Lipinski definition) is 4. The van der Waals surface area contributed by atoms with Crippen LogP contribution in [-0.2, 0) is 0 Å². The van der Waals surface area contributed by atoms with Gasteiger partial charge in [0, 0.05) is 10.6 Å². The van der Waals surface area contributed by atoms with Crippen LogP contribution in [0.2, 0.25) is 0 Å². The van der Waals surface area contributed by atoms with Gasteiger partial charge < -0.3 is 14.8 Å². The summed E-state index contributed by atoms with van der Waals surface area (Å²) in [6, 6.07) is 12.9. The first-order valence-electron chi connectivity index (χ1n) is 6.12. The highest BCUT2D eigenvalue weighted by Gasteiger charge is 2.09. The molecule has 0 aliphatic heterocycles. The smallest absolute Gasteiger partial charge is 0.488 e. The van der Waals surface area contributed by atoms with E-state index in [1.54, 1.807) is 48.2 Å². The lowest BCUT2D eigenvalue weighted by Gasteiger charge is -2.07. The molecule has 0 heterocycles. The summed E-state index contributed by atoms with van der Waals surface area (Å²) >= 11 is 1.58. The Morgan fingerprint density at radius 2 is 1.65 bits per heavy atom. The molecular weight excluding hydrogens is 278 g/mol. The largest absolute Gasteiger partial charge is 0.493 e. The molecule has 0 spiro atoms. The van der Waals surface area contributed by atoms with Gasteiger partial charge in [-0.05, 0) is 41.9 Å². The van der Waals surface area contributed by atoms with E-state index in [1.807, 2.05) is 0 Å². The number of ether oxygens (including phenoxy) is 1. The number of rotatable bonds is 6. The van der Waals surface area contributed by atoms with Crippen LogP contribution < -0.4 is 10.2 Å². The van der Waals surface area contributed by atoms with Crippen molar-refractivity contribution in [1.29, 1.82) is 0 Å². The molecule has 104 valence electrons.